The van der Waals surface area contributed by atoms with Crippen LogP contribution in [0, 0.1) is 0 Å². The van der Waals surface area contributed by atoms with Crippen LogP contribution in [0.25, 0.3) is 0 Å². The Balaban J connectivity index is 1.94. The summed E-state index contributed by atoms with van der Waals surface area (Å²) in [6.07, 6.45) is 0. The standard InChI is InChI=1S/C18H22ClNOS/c1-18(2,3)14-7-5-13(6-8-14)11-20(4)12-15(21)16-9-10-17(19)22-16/h5-10H,11-12H2,1-4H3. The van der Waals surface area contributed by atoms with E-state index in [2.05, 4.69) is 45.0 Å². The van der Waals surface area contributed by atoms with E-state index >= 15 is 0 Å². The third-order valence-corrected chi connectivity index (χ3v) is 4.81. The van der Waals surface area contributed by atoms with Gasteiger partial charge in [0, 0.05) is 6.54 Å². The Morgan fingerprint density at radius 1 is 1.14 bits per heavy atom. The van der Waals surface area contributed by atoms with Crippen molar-refractivity contribution in [3.05, 3.63) is 56.7 Å². The van der Waals surface area contributed by atoms with Gasteiger partial charge in [0.15, 0.2) is 5.78 Å². The number of rotatable bonds is 5. The zero-order chi connectivity index (χ0) is 16.3. The van der Waals surface area contributed by atoms with Crippen molar-refractivity contribution in [3.63, 3.8) is 0 Å². The number of nitrogens with zero attached hydrogens (tertiary/aromatic N) is 1. The van der Waals surface area contributed by atoms with Crippen LogP contribution < -0.4 is 0 Å². The van der Waals surface area contributed by atoms with E-state index in [9.17, 15) is 4.79 Å². The number of carbonyl (C=O) groups excluding carboxylic acids is 1. The normalized spacial score (nSPS) is 11.9. The van der Waals surface area contributed by atoms with Gasteiger partial charge in [0.05, 0.1) is 15.8 Å². The highest BCUT2D eigenvalue weighted by Crippen LogP contribution is 2.23. The minimum absolute atomic E-state index is 0.116. The van der Waals surface area contributed by atoms with E-state index in [0.29, 0.717) is 10.9 Å². The van der Waals surface area contributed by atoms with E-state index in [-0.39, 0.29) is 11.2 Å². The van der Waals surface area contributed by atoms with Crippen LogP contribution in [0.3, 0.4) is 0 Å². The summed E-state index contributed by atoms with van der Waals surface area (Å²) in [5.41, 5.74) is 2.70. The number of hydrogen-bond donors (Lipinski definition) is 0. The summed E-state index contributed by atoms with van der Waals surface area (Å²) in [5.74, 6) is 0.116. The van der Waals surface area contributed by atoms with Crippen LogP contribution >= 0.6 is 22.9 Å². The van der Waals surface area contributed by atoms with E-state index in [1.54, 1.807) is 12.1 Å². The maximum absolute atomic E-state index is 12.2. The summed E-state index contributed by atoms with van der Waals surface area (Å²) in [4.78, 5) is 14.9. The minimum Gasteiger partial charge on any atom is -0.295 e. The summed E-state index contributed by atoms with van der Waals surface area (Å²) in [6.45, 7) is 7.78. The van der Waals surface area contributed by atoms with Crippen molar-refractivity contribution in [2.24, 2.45) is 0 Å². The van der Waals surface area contributed by atoms with E-state index < -0.39 is 0 Å². The molecule has 2 rings (SSSR count). The highest BCUT2D eigenvalue weighted by atomic mass is 35.5. The number of benzene rings is 1. The van der Waals surface area contributed by atoms with Gasteiger partial charge in [-0.25, -0.2) is 0 Å². The number of thiophene rings is 1. The van der Waals surface area contributed by atoms with Crippen molar-refractivity contribution in [2.75, 3.05) is 13.6 Å². The first kappa shape index (κ1) is 17.2. The molecule has 0 aliphatic heterocycles. The van der Waals surface area contributed by atoms with Gasteiger partial charge in [0.1, 0.15) is 0 Å². The second kappa shape index (κ2) is 6.95. The van der Waals surface area contributed by atoms with Gasteiger partial charge < -0.3 is 0 Å². The summed E-state index contributed by atoms with van der Waals surface area (Å²) in [7, 11) is 1.96. The predicted octanol–water partition coefficient (Wildman–Crippen LogP) is 5.01. The molecular weight excluding hydrogens is 314 g/mol. The molecule has 0 aliphatic rings. The minimum atomic E-state index is 0.116. The van der Waals surface area contributed by atoms with Crippen LogP contribution in [0.1, 0.15) is 41.6 Å². The molecule has 0 amide bonds. The van der Waals surface area contributed by atoms with E-state index in [4.69, 9.17) is 11.6 Å². The molecule has 1 aromatic heterocycles. The molecule has 0 unspecified atom stereocenters. The molecule has 2 nitrogen and oxygen atoms in total. The fourth-order valence-corrected chi connectivity index (χ4v) is 3.24. The molecule has 0 spiro atoms. The van der Waals surface area contributed by atoms with Crippen molar-refractivity contribution in [3.8, 4) is 0 Å². The van der Waals surface area contributed by atoms with Crippen LogP contribution in [0.4, 0.5) is 0 Å². The third-order valence-electron chi connectivity index (χ3n) is 3.53. The van der Waals surface area contributed by atoms with Crippen molar-refractivity contribution >= 4 is 28.7 Å². The lowest BCUT2D eigenvalue weighted by Gasteiger charge is -2.20. The highest BCUT2D eigenvalue weighted by Gasteiger charge is 2.14. The molecule has 22 heavy (non-hydrogen) atoms. The smallest absolute Gasteiger partial charge is 0.186 e. The summed E-state index contributed by atoms with van der Waals surface area (Å²) in [5, 5.41) is 0. The van der Waals surface area contributed by atoms with Crippen molar-refractivity contribution < 1.29 is 4.79 Å². The average Bonchev–Trinajstić information content (AvgIpc) is 2.85. The third kappa shape index (κ3) is 4.67. The second-order valence-electron chi connectivity index (χ2n) is 6.65. The zero-order valence-corrected chi connectivity index (χ0v) is 15.1. The maximum atomic E-state index is 12.2. The molecule has 4 heteroatoms. The fraction of sp³-hybridized carbons (Fsp3) is 0.389. The summed E-state index contributed by atoms with van der Waals surface area (Å²) >= 11 is 7.21. The van der Waals surface area contributed by atoms with Gasteiger partial charge in [-0.15, -0.1) is 11.3 Å². The first-order valence-corrected chi connectivity index (χ1v) is 8.51. The first-order chi connectivity index (χ1) is 10.3. The number of likely N-dealkylation sites (N-methyl/N-ethyl adjacent to an activating group) is 1. The van der Waals surface area contributed by atoms with Gasteiger partial charge in [-0.1, -0.05) is 56.6 Å². The number of hydrogen-bond acceptors (Lipinski definition) is 3. The van der Waals surface area contributed by atoms with Gasteiger partial charge >= 0.3 is 0 Å². The molecule has 1 aromatic carbocycles. The molecule has 0 radical (unpaired) electrons. The van der Waals surface area contributed by atoms with Crippen LogP contribution in [0.15, 0.2) is 36.4 Å². The number of halogens is 1. The topological polar surface area (TPSA) is 20.3 Å². The van der Waals surface area contributed by atoms with Crippen LogP contribution in [-0.4, -0.2) is 24.3 Å². The Morgan fingerprint density at radius 3 is 2.27 bits per heavy atom. The highest BCUT2D eigenvalue weighted by molar-refractivity contribution is 7.18. The largest absolute Gasteiger partial charge is 0.295 e. The Morgan fingerprint density at radius 2 is 1.77 bits per heavy atom. The molecule has 2 aromatic rings. The molecule has 0 saturated carbocycles. The molecule has 1 heterocycles. The Labute approximate surface area is 141 Å². The molecule has 0 aliphatic carbocycles. The fourth-order valence-electron chi connectivity index (χ4n) is 2.26. The quantitative estimate of drug-likeness (QED) is 0.715. The summed E-state index contributed by atoms with van der Waals surface area (Å²) < 4.78 is 0.656. The lowest BCUT2D eigenvalue weighted by molar-refractivity contribution is 0.0947. The van der Waals surface area contributed by atoms with Gasteiger partial charge in [-0.2, -0.15) is 0 Å². The molecule has 0 atom stereocenters. The average molecular weight is 336 g/mol. The molecule has 0 bridgehead atoms. The lowest BCUT2D eigenvalue weighted by atomic mass is 9.87. The second-order valence-corrected chi connectivity index (χ2v) is 8.36. The van der Waals surface area contributed by atoms with Gasteiger partial charge in [0.2, 0.25) is 0 Å². The molecule has 0 fully saturated rings. The Bertz CT molecular complexity index is 640. The molecule has 0 saturated heterocycles. The van der Waals surface area contributed by atoms with E-state index in [1.807, 2.05) is 11.9 Å². The van der Waals surface area contributed by atoms with Gasteiger partial charge in [-0.3, -0.25) is 9.69 Å². The molecule has 0 N–H and O–H groups in total. The van der Waals surface area contributed by atoms with Gasteiger partial charge in [0.25, 0.3) is 0 Å². The van der Waals surface area contributed by atoms with Crippen molar-refractivity contribution in [1.82, 2.24) is 4.90 Å². The Hall–Kier alpha value is -1.16. The number of carbonyl (C=O) groups is 1. The Kier molecular flexibility index (Phi) is 5.43. The molecule has 118 valence electrons. The number of Topliss-reactive ketones (excluding diaryl/α,β-unsaturated/α-hetero) is 1. The van der Waals surface area contributed by atoms with Crippen molar-refractivity contribution in [2.45, 2.75) is 32.7 Å². The molecular formula is C18H22ClNOS. The van der Waals surface area contributed by atoms with Crippen LogP contribution in [-0.2, 0) is 12.0 Å². The SMILES string of the molecule is CN(CC(=O)c1ccc(Cl)s1)Cc1ccc(C(C)(C)C)cc1. The number of ketones is 1. The van der Waals surface area contributed by atoms with E-state index in [1.165, 1.54) is 22.5 Å². The summed E-state index contributed by atoms with van der Waals surface area (Å²) in [6, 6.07) is 12.2. The van der Waals surface area contributed by atoms with Gasteiger partial charge in [-0.05, 0) is 35.7 Å². The lowest BCUT2D eigenvalue weighted by Crippen LogP contribution is -2.25. The first-order valence-electron chi connectivity index (χ1n) is 7.32. The predicted molar refractivity (Wildman–Crippen MR) is 95.1 cm³/mol. The van der Waals surface area contributed by atoms with Crippen LogP contribution in [0.5, 0.6) is 0 Å². The zero-order valence-electron chi connectivity index (χ0n) is 13.5. The van der Waals surface area contributed by atoms with Crippen molar-refractivity contribution in [1.29, 1.82) is 0 Å². The van der Waals surface area contributed by atoms with Crippen LogP contribution in [0.2, 0.25) is 4.34 Å². The monoisotopic (exact) mass is 335 g/mol. The van der Waals surface area contributed by atoms with E-state index in [0.717, 1.165) is 11.4 Å². The maximum Gasteiger partial charge on any atom is 0.186 e.